The number of fused-ring (bicyclic) bond motifs is 1. The molecule has 10 nitrogen and oxygen atoms in total. The molecule has 0 radical (unpaired) electrons. The fourth-order valence-electron chi connectivity index (χ4n) is 4.91. The number of hydrogen-bond donors (Lipinski definition) is 3. The summed E-state index contributed by atoms with van der Waals surface area (Å²) in [5.74, 6) is 0.653. The number of anilines is 3. The minimum absolute atomic E-state index is 0.0369. The van der Waals surface area contributed by atoms with Crippen LogP contribution in [0.2, 0.25) is 10.0 Å². The predicted molar refractivity (Wildman–Crippen MR) is 137 cm³/mol. The van der Waals surface area contributed by atoms with Crippen molar-refractivity contribution in [2.75, 3.05) is 23.8 Å². The monoisotopic (exact) mass is 528 g/mol. The van der Waals surface area contributed by atoms with Crippen molar-refractivity contribution in [3.63, 3.8) is 0 Å². The van der Waals surface area contributed by atoms with Gasteiger partial charge in [-0.05, 0) is 50.7 Å². The van der Waals surface area contributed by atoms with Crippen LogP contribution < -0.4 is 16.4 Å². The van der Waals surface area contributed by atoms with Gasteiger partial charge < -0.3 is 21.1 Å². The number of nitrogens with one attached hydrogen (secondary N) is 2. The minimum atomic E-state index is -0.260. The highest BCUT2D eigenvalue weighted by molar-refractivity contribution is 6.39. The molecule has 1 amide bonds. The number of primary amides is 1. The van der Waals surface area contributed by atoms with E-state index in [1.54, 1.807) is 18.3 Å². The van der Waals surface area contributed by atoms with Crippen LogP contribution in [-0.2, 0) is 9.53 Å². The van der Waals surface area contributed by atoms with Crippen molar-refractivity contribution in [2.24, 2.45) is 11.7 Å². The van der Waals surface area contributed by atoms with Crippen molar-refractivity contribution in [3.8, 4) is 6.07 Å². The van der Waals surface area contributed by atoms with Crippen LogP contribution in [0, 0.1) is 17.2 Å². The van der Waals surface area contributed by atoms with Crippen LogP contribution in [0.1, 0.15) is 50.1 Å². The summed E-state index contributed by atoms with van der Waals surface area (Å²) in [5.41, 5.74) is 7.67. The van der Waals surface area contributed by atoms with E-state index in [9.17, 15) is 10.1 Å². The molecule has 0 bridgehead atoms. The smallest absolute Gasteiger partial charge is 0.224 e. The number of carbonyl (C=O) groups excluding carboxylic acids is 1. The Bertz CT molecular complexity index is 1300. The van der Waals surface area contributed by atoms with Crippen molar-refractivity contribution < 1.29 is 9.53 Å². The molecule has 0 spiro atoms. The molecule has 3 aromatic rings. The predicted octanol–water partition coefficient (Wildman–Crippen LogP) is 4.56. The van der Waals surface area contributed by atoms with Gasteiger partial charge in [0.15, 0.2) is 5.65 Å². The quantitative estimate of drug-likeness (QED) is 0.422. The van der Waals surface area contributed by atoms with Crippen LogP contribution in [0.15, 0.2) is 18.3 Å². The van der Waals surface area contributed by atoms with Crippen LogP contribution in [0.3, 0.4) is 0 Å². The Labute approximate surface area is 218 Å². The number of nitriles is 1. The number of carbonyl (C=O) groups is 1. The molecule has 4 N–H and O–H groups in total. The number of ether oxygens (including phenoxy) is 1. The number of hydrogen-bond acceptors (Lipinski definition) is 8. The summed E-state index contributed by atoms with van der Waals surface area (Å²) >= 11 is 12.9. The van der Waals surface area contributed by atoms with Gasteiger partial charge >= 0.3 is 0 Å². The second-order valence-corrected chi connectivity index (χ2v) is 10.0. The summed E-state index contributed by atoms with van der Waals surface area (Å²) in [7, 11) is 0. The maximum absolute atomic E-state index is 11.7. The van der Waals surface area contributed by atoms with E-state index in [-0.39, 0.29) is 23.9 Å². The molecule has 12 heteroatoms. The Kier molecular flexibility index (Phi) is 7.14. The summed E-state index contributed by atoms with van der Waals surface area (Å²) in [4.78, 5) is 25.8. The summed E-state index contributed by atoms with van der Waals surface area (Å²) in [6.07, 6.45) is 6.35. The third kappa shape index (κ3) is 5.05. The molecule has 36 heavy (non-hydrogen) atoms. The molecule has 5 rings (SSSR count). The van der Waals surface area contributed by atoms with Gasteiger partial charge in [0, 0.05) is 31.2 Å². The molecule has 188 valence electrons. The SMILES string of the molecule is N#Cc1cc(Cl)c(Nc2nc3cnc(NC4CCOCC4)nc3n2[C@H]2CC[C@@H](C(N)=O)CC2)c(Cl)c1. The van der Waals surface area contributed by atoms with Crippen LogP contribution in [0.5, 0.6) is 0 Å². The largest absolute Gasteiger partial charge is 0.381 e. The van der Waals surface area contributed by atoms with Gasteiger partial charge in [-0.15, -0.1) is 0 Å². The Morgan fingerprint density at radius 3 is 2.44 bits per heavy atom. The summed E-state index contributed by atoms with van der Waals surface area (Å²) in [6, 6.07) is 5.43. The molecule has 1 aromatic carbocycles. The highest BCUT2D eigenvalue weighted by Crippen LogP contribution is 2.39. The van der Waals surface area contributed by atoms with E-state index < -0.39 is 0 Å². The second-order valence-electron chi connectivity index (χ2n) is 9.20. The lowest BCUT2D eigenvalue weighted by atomic mass is 9.85. The third-order valence-corrected chi connectivity index (χ3v) is 7.46. The highest BCUT2D eigenvalue weighted by atomic mass is 35.5. The topological polar surface area (TPSA) is 144 Å². The van der Waals surface area contributed by atoms with E-state index in [0.29, 0.717) is 70.4 Å². The number of aromatic nitrogens is 4. The first-order valence-electron chi connectivity index (χ1n) is 12.0. The van der Waals surface area contributed by atoms with Crippen molar-refractivity contribution in [2.45, 2.75) is 50.6 Å². The van der Waals surface area contributed by atoms with E-state index in [2.05, 4.69) is 15.6 Å². The van der Waals surface area contributed by atoms with E-state index in [0.717, 1.165) is 25.7 Å². The zero-order chi connectivity index (χ0) is 25.2. The fraction of sp³-hybridized carbons (Fsp3) is 0.458. The minimum Gasteiger partial charge on any atom is -0.381 e. The number of imidazole rings is 1. The molecule has 0 atom stereocenters. The maximum atomic E-state index is 11.7. The van der Waals surface area contributed by atoms with Gasteiger partial charge in [-0.25, -0.2) is 9.97 Å². The first-order valence-corrected chi connectivity index (χ1v) is 12.7. The lowest BCUT2D eigenvalue weighted by molar-refractivity contribution is -0.122. The van der Waals surface area contributed by atoms with E-state index in [4.69, 9.17) is 43.6 Å². The van der Waals surface area contributed by atoms with Crippen LogP contribution in [-0.4, -0.2) is 44.7 Å². The molecule has 1 saturated heterocycles. The summed E-state index contributed by atoms with van der Waals surface area (Å²) in [5, 5.41) is 16.5. The average Bonchev–Trinajstić information content (AvgIpc) is 3.24. The molecule has 2 aliphatic rings. The molecule has 0 unspecified atom stereocenters. The molecule has 2 fully saturated rings. The molecular formula is C24H26Cl2N8O2. The molecule has 1 saturated carbocycles. The van der Waals surface area contributed by atoms with Gasteiger partial charge in [0.2, 0.25) is 17.8 Å². The van der Waals surface area contributed by atoms with Gasteiger partial charge in [0.1, 0.15) is 5.52 Å². The normalized spacial score (nSPS) is 20.7. The number of benzene rings is 1. The number of nitrogens with zero attached hydrogens (tertiary/aromatic N) is 5. The van der Waals surface area contributed by atoms with Crippen molar-refractivity contribution in [1.29, 1.82) is 5.26 Å². The Balaban J connectivity index is 1.53. The highest BCUT2D eigenvalue weighted by Gasteiger charge is 2.29. The van der Waals surface area contributed by atoms with E-state index in [1.165, 1.54) is 0 Å². The average molecular weight is 529 g/mol. The fourth-order valence-corrected chi connectivity index (χ4v) is 5.49. The molecule has 1 aliphatic carbocycles. The zero-order valence-corrected chi connectivity index (χ0v) is 21.0. The molecular weight excluding hydrogens is 503 g/mol. The van der Waals surface area contributed by atoms with Crippen LogP contribution in [0.4, 0.5) is 17.6 Å². The van der Waals surface area contributed by atoms with E-state index >= 15 is 0 Å². The zero-order valence-electron chi connectivity index (χ0n) is 19.5. The number of halogens is 2. The molecule has 2 aromatic heterocycles. The van der Waals surface area contributed by atoms with Gasteiger partial charge in [0.25, 0.3) is 0 Å². The Morgan fingerprint density at radius 2 is 1.81 bits per heavy atom. The van der Waals surface area contributed by atoms with Gasteiger partial charge in [-0.2, -0.15) is 10.2 Å². The van der Waals surface area contributed by atoms with Crippen molar-refractivity contribution in [3.05, 3.63) is 33.9 Å². The summed E-state index contributed by atoms with van der Waals surface area (Å²) in [6.45, 7) is 1.42. The van der Waals surface area contributed by atoms with Gasteiger partial charge in [-0.1, -0.05) is 23.2 Å². The number of nitrogens with two attached hydrogens (primary N) is 1. The first-order chi connectivity index (χ1) is 17.4. The third-order valence-electron chi connectivity index (χ3n) is 6.86. The van der Waals surface area contributed by atoms with Gasteiger partial charge in [-0.3, -0.25) is 9.36 Å². The van der Waals surface area contributed by atoms with Crippen LogP contribution >= 0.6 is 23.2 Å². The van der Waals surface area contributed by atoms with E-state index in [1.807, 2.05) is 10.6 Å². The maximum Gasteiger partial charge on any atom is 0.224 e. The van der Waals surface area contributed by atoms with Crippen molar-refractivity contribution in [1.82, 2.24) is 19.5 Å². The lowest BCUT2D eigenvalue weighted by Crippen LogP contribution is -2.29. The second kappa shape index (κ2) is 10.5. The standard InChI is InChI=1S/C24H26Cl2N8O2/c25-17-9-13(11-27)10-18(26)20(17)32-24-31-19-12-29-23(30-15-5-7-36-8-6-15)33-22(19)34(24)16-3-1-14(2-4-16)21(28)35/h9-10,12,14-16H,1-8H2,(H2,28,35)(H,31,32)(H,29,30,33)/t14-,16+. The number of amides is 1. The summed E-state index contributed by atoms with van der Waals surface area (Å²) < 4.78 is 7.49. The van der Waals surface area contributed by atoms with Crippen LogP contribution in [0.25, 0.3) is 11.2 Å². The van der Waals surface area contributed by atoms with Crippen molar-refractivity contribution >= 4 is 57.9 Å². The lowest BCUT2D eigenvalue weighted by Gasteiger charge is -2.29. The molecule has 3 heterocycles. The molecule has 1 aliphatic heterocycles. The van der Waals surface area contributed by atoms with Gasteiger partial charge in [0.05, 0.1) is 33.6 Å². The Morgan fingerprint density at radius 1 is 1.11 bits per heavy atom. The number of rotatable bonds is 6. The first kappa shape index (κ1) is 24.6. The Hall–Kier alpha value is -3.13.